The van der Waals surface area contributed by atoms with Crippen molar-refractivity contribution < 1.29 is 19.0 Å². The number of rotatable bonds is 8. The summed E-state index contributed by atoms with van der Waals surface area (Å²) < 4.78 is 15.4. The van der Waals surface area contributed by atoms with E-state index in [1.165, 1.54) is 7.11 Å². The summed E-state index contributed by atoms with van der Waals surface area (Å²) >= 11 is 5.00. The van der Waals surface area contributed by atoms with Crippen molar-refractivity contribution in [3.63, 3.8) is 0 Å². The van der Waals surface area contributed by atoms with Crippen molar-refractivity contribution in [2.45, 2.75) is 13.8 Å². The van der Waals surface area contributed by atoms with Gasteiger partial charge in [-0.25, -0.2) is 4.79 Å². The molecule has 0 saturated heterocycles. The van der Waals surface area contributed by atoms with E-state index in [-0.39, 0.29) is 6.61 Å². The van der Waals surface area contributed by atoms with Crippen LogP contribution in [-0.2, 0) is 9.53 Å². The van der Waals surface area contributed by atoms with Crippen molar-refractivity contribution in [1.82, 2.24) is 10.7 Å². The molecule has 0 aliphatic carbocycles. The first-order chi connectivity index (χ1) is 11.1. The molecule has 0 fully saturated rings. The molecule has 0 radical (unpaired) electrons. The zero-order valence-electron chi connectivity index (χ0n) is 13.4. The Bertz CT molecular complexity index is 564. The highest BCUT2D eigenvalue weighted by Gasteiger charge is 2.08. The molecule has 0 amide bonds. The van der Waals surface area contributed by atoms with Gasteiger partial charge in [0.15, 0.2) is 23.2 Å². The van der Waals surface area contributed by atoms with Crippen molar-refractivity contribution in [3.8, 4) is 11.5 Å². The molecule has 2 N–H and O–H groups in total. The van der Waals surface area contributed by atoms with Gasteiger partial charge in [-0.1, -0.05) is 0 Å². The van der Waals surface area contributed by atoms with E-state index in [9.17, 15) is 4.79 Å². The summed E-state index contributed by atoms with van der Waals surface area (Å²) in [6.07, 6.45) is 1.61. The summed E-state index contributed by atoms with van der Waals surface area (Å²) in [4.78, 5) is 11.1. The Morgan fingerprint density at radius 2 is 2.09 bits per heavy atom. The Morgan fingerprint density at radius 1 is 1.30 bits per heavy atom. The van der Waals surface area contributed by atoms with E-state index in [0.717, 1.165) is 12.1 Å². The molecule has 0 aliphatic heterocycles. The number of carbonyl (C=O) groups is 1. The first kappa shape index (κ1) is 18.7. The van der Waals surface area contributed by atoms with Crippen LogP contribution in [0.4, 0.5) is 0 Å². The SMILES string of the molecule is CCNC(=S)N/N=C\c1ccc(OCC(=O)OC)c(OCC)c1. The molecular formula is C15H21N3O4S. The summed E-state index contributed by atoms with van der Waals surface area (Å²) in [5.41, 5.74) is 3.50. The molecule has 1 rings (SSSR count). The fourth-order valence-electron chi connectivity index (χ4n) is 1.55. The van der Waals surface area contributed by atoms with Gasteiger partial charge in [0.05, 0.1) is 19.9 Å². The van der Waals surface area contributed by atoms with E-state index in [1.54, 1.807) is 24.4 Å². The van der Waals surface area contributed by atoms with Crippen molar-refractivity contribution in [2.75, 3.05) is 26.9 Å². The molecule has 0 spiro atoms. The number of hydrogen-bond donors (Lipinski definition) is 2. The summed E-state index contributed by atoms with van der Waals surface area (Å²) in [6, 6.07) is 5.26. The Hall–Kier alpha value is -2.35. The number of thiocarbonyl (C=S) groups is 1. The van der Waals surface area contributed by atoms with Gasteiger partial charge in [0.1, 0.15) is 0 Å². The van der Waals surface area contributed by atoms with E-state index < -0.39 is 5.97 Å². The number of nitrogens with zero attached hydrogens (tertiary/aromatic N) is 1. The largest absolute Gasteiger partial charge is 0.490 e. The molecule has 0 aromatic heterocycles. The molecule has 0 heterocycles. The molecule has 8 heteroatoms. The van der Waals surface area contributed by atoms with Gasteiger partial charge in [0.2, 0.25) is 0 Å². The molecule has 0 atom stereocenters. The second kappa shape index (κ2) is 10.4. The minimum Gasteiger partial charge on any atom is -0.490 e. The van der Waals surface area contributed by atoms with E-state index in [2.05, 4.69) is 20.6 Å². The van der Waals surface area contributed by atoms with Crippen molar-refractivity contribution in [3.05, 3.63) is 23.8 Å². The molecule has 1 aromatic carbocycles. The van der Waals surface area contributed by atoms with Crippen LogP contribution in [0.15, 0.2) is 23.3 Å². The molecule has 1 aromatic rings. The van der Waals surface area contributed by atoms with Gasteiger partial charge >= 0.3 is 5.97 Å². The molecular weight excluding hydrogens is 318 g/mol. The van der Waals surface area contributed by atoms with Gasteiger partial charge in [0, 0.05) is 6.54 Å². The highest BCUT2D eigenvalue weighted by atomic mass is 32.1. The normalized spacial score (nSPS) is 10.2. The molecule has 23 heavy (non-hydrogen) atoms. The Balaban J connectivity index is 2.75. The van der Waals surface area contributed by atoms with E-state index in [0.29, 0.717) is 23.2 Å². The molecule has 0 unspecified atom stereocenters. The van der Waals surface area contributed by atoms with Crippen molar-refractivity contribution in [2.24, 2.45) is 5.10 Å². The zero-order valence-corrected chi connectivity index (χ0v) is 14.2. The maximum atomic E-state index is 11.1. The first-order valence-electron chi connectivity index (χ1n) is 7.14. The minimum absolute atomic E-state index is 0.178. The first-order valence-corrected chi connectivity index (χ1v) is 7.54. The number of nitrogens with one attached hydrogen (secondary N) is 2. The van der Waals surface area contributed by atoms with Crippen LogP contribution >= 0.6 is 12.2 Å². The number of hydrogen-bond acceptors (Lipinski definition) is 6. The number of methoxy groups -OCH3 is 1. The maximum absolute atomic E-state index is 11.1. The summed E-state index contributed by atoms with van der Waals surface area (Å²) in [5, 5.41) is 7.40. The van der Waals surface area contributed by atoms with Gasteiger partial charge in [-0.05, 0) is 49.8 Å². The number of carbonyl (C=O) groups excluding carboxylic acids is 1. The lowest BCUT2D eigenvalue weighted by atomic mass is 10.2. The lowest BCUT2D eigenvalue weighted by molar-refractivity contribution is -0.142. The highest BCUT2D eigenvalue weighted by molar-refractivity contribution is 7.80. The van der Waals surface area contributed by atoms with Crippen LogP contribution in [0.25, 0.3) is 0 Å². The third kappa shape index (κ3) is 6.96. The molecule has 7 nitrogen and oxygen atoms in total. The Kier molecular flexibility index (Phi) is 8.45. The third-order valence-electron chi connectivity index (χ3n) is 2.56. The third-order valence-corrected chi connectivity index (χ3v) is 2.79. The second-order valence-electron chi connectivity index (χ2n) is 4.23. The average Bonchev–Trinajstić information content (AvgIpc) is 2.54. The van der Waals surface area contributed by atoms with Gasteiger partial charge in [0.25, 0.3) is 0 Å². The quantitative estimate of drug-likeness (QED) is 0.321. The zero-order chi connectivity index (χ0) is 17.1. The Labute approximate surface area is 141 Å². The van der Waals surface area contributed by atoms with Crippen LogP contribution in [0.5, 0.6) is 11.5 Å². The molecule has 126 valence electrons. The van der Waals surface area contributed by atoms with Crippen LogP contribution in [-0.4, -0.2) is 44.2 Å². The fourth-order valence-corrected chi connectivity index (χ4v) is 1.75. The van der Waals surface area contributed by atoms with E-state index in [1.807, 2.05) is 13.8 Å². The van der Waals surface area contributed by atoms with Crippen LogP contribution in [0, 0.1) is 0 Å². The van der Waals surface area contributed by atoms with Gasteiger partial charge in [-0.15, -0.1) is 0 Å². The minimum atomic E-state index is -0.459. The fraction of sp³-hybridized carbons (Fsp3) is 0.400. The van der Waals surface area contributed by atoms with Crippen LogP contribution in [0.2, 0.25) is 0 Å². The van der Waals surface area contributed by atoms with Crippen LogP contribution in [0.1, 0.15) is 19.4 Å². The average molecular weight is 339 g/mol. The molecule has 0 bridgehead atoms. The summed E-state index contributed by atoms with van der Waals surface area (Å²) in [5.74, 6) is 0.527. The predicted octanol–water partition coefficient (Wildman–Crippen LogP) is 1.46. The summed E-state index contributed by atoms with van der Waals surface area (Å²) in [6.45, 7) is 4.82. The number of ether oxygens (including phenoxy) is 3. The second-order valence-corrected chi connectivity index (χ2v) is 4.64. The van der Waals surface area contributed by atoms with Gasteiger partial charge < -0.3 is 19.5 Å². The smallest absolute Gasteiger partial charge is 0.343 e. The topological polar surface area (TPSA) is 81.2 Å². The standard InChI is InChI=1S/C15H21N3O4S/c1-4-16-15(23)18-17-9-11-6-7-12(13(8-11)21-5-2)22-10-14(19)20-3/h6-9H,4-5,10H2,1-3H3,(H2,16,18,23)/b17-9-. The number of hydrazone groups is 1. The summed E-state index contributed by atoms with van der Waals surface area (Å²) in [7, 11) is 1.31. The lowest BCUT2D eigenvalue weighted by Gasteiger charge is -2.11. The van der Waals surface area contributed by atoms with Gasteiger partial charge in [-0.3, -0.25) is 5.43 Å². The maximum Gasteiger partial charge on any atom is 0.343 e. The lowest BCUT2D eigenvalue weighted by Crippen LogP contribution is -2.31. The number of esters is 1. The highest BCUT2D eigenvalue weighted by Crippen LogP contribution is 2.28. The van der Waals surface area contributed by atoms with Gasteiger partial charge in [-0.2, -0.15) is 5.10 Å². The van der Waals surface area contributed by atoms with E-state index in [4.69, 9.17) is 21.7 Å². The monoisotopic (exact) mass is 339 g/mol. The van der Waals surface area contributed by atoms with Crippen molar-refractivity contribution in [1.29, 1.82) is 0 Å². The van der Waals surface area contributed by atoms with E-state index >= 15 is 0 Å². The van der Waals surface area contributed by atoms with Crippen LogP contribution in [0.3, 0.4) is 0 Å². The predicted molar refractivity (Wildman–Crippen MR) is 92.1 cm³/mol. The Morgan fingerprint density at radius 3 is 2.74 bits per heavy atom. The van der Waals surface area contributed by atoms with Crippen molar-refractivity contribution >= 4 is 29.5 Å². The molecule has 0 saturated carbocycles. The number of benzene rings is 1. The van der Waals surface area contributed by atoms with Crippen LogP contribution < -0.4 is 20.2 Å². The molecule has 0 aliphatic rings.